The van der Waals surface area contributed by atoms with Crippen molar-refractivity contribution in [1.29, 1.82) is 0 Å². The van der Waals surface area contributed by atoms with Gasteiger partial charge in [0.25, 0.3) is 0 Å². The Morgan fingerprint density at radius 1 is 1.47 bits per heavy atom. The largest absolute Gasteiger partial charge is 0.368 e. The van der Waals surface area contributed by atoms with Crippen LogP contribution in [-0.4, -0.2) is 43.5 Å². The summed E-state index contributed by atoms with van der Waals surface area (Å²) in [5, 5.41) is 3.24. The molecule has 0 fully saturated rings. The number of hydrogen-bond donors (Lipinski definition) is 2. The number of rotatable bonds is 7. The first kappa shape index (κ1) is 14.4. The average molecular weight is 215 g/mol. The van der Waals surface area contributed by atoms with Crippen molar-refractivity contribution >= 4 is 5.91 Å². The highest BCUT2D eigenvalue weighted by molar-refractivity contribution is 5.84. The maximum atomic E-state index is 11.4. The Bertz CT molecular complexity index is 204. The molecular weight excluding hydrogens is 190 g/mol. The van der Waals surface area contributed by atoms with Crippen molar-refractivity contribution in [2.75, 3.05) is 27.2 Å². The van der Waals surface area contributed by atoms with Crippen LogP contribution in [0, 0.1) is 5.92 Å². The molecular formula is C11H25N3O. The highest BCUT2D eigenvalue weighted by Gasteiger charge is 2.30. The third-order valence-corrected chi connectivity index (χ3v) is 2.43. The van der Waals surface area contributed by atoms with Crippen molar-refractivity contribution in [2.45, 2.75) is 32.7 Å². The van der Waals surface area contributed by atoms with Crippen LogP contribution in [0.25, 0.3) is 0 Å². The van der Waals surface area contributed by atoms with Crippen LogP contribution in [0.4, 0.5) is 0 Å². The van der Waals surface area contributed by atoms with Crippen LogP contribution in [0.2, 0.25) is 0 Å². The van der Waals surface area contributed by atoms with Crippen molar-refractivity contribution in [1.82, 2.24) is 10.2 Å². The highest BCUT2D eigenvalue weighted by Crippen LogP contribution is 2.15. The smallest absolute Gasteiger partial charge is 0.237 e. The molecule has 0 saturated carbocycles. The summed E-state index contributed by atoms with van der Waals surface area (Å²) < 4.78 is 0. The Balaban J connectivity index is 4.20. The fraction of sp³-hybridized carbons (Fsp3) is 0.909. The van der Waals surface area contributed by atoms with E-state index in [9.17, 15) is 4.79 Å². The second-order valence-corrected chi connectivity index (χ2v) is 5.02. The van der Waals surface area contributed by atoms with Gasteiger partial charge >= 0.3 is 0 Å². The molecule has 1 unspecified atom stereocenters. The van der Waals surface area contributed by atoms with Crippen molar-refractivity contribution < 1.29 is 4.79 Å². The Hall–Kier alpha value is -0.610. The lowest BCUT2D eigenvalue weighted by molar-refractivity contribution is -0.124. The second-order valence-electron chi connectivity index (χ2n) is 5.02. The van der Waals surface area contributed by atoms with E-state index < -0.39 is 5.54 Å². The summed E-state index contributed by atoms with van der Waals surface area (Å²) in [5.74, 6) is 0.185. The first-order valence-corrected chi connectivity index (χ1v) is 5.47. The Morgan fingerprint density at radius 3 is 2.33 bits per heavy atom. The van der Waals surface area contributed by atoms with E-state index in [4.69, 9.17) is 5.73 Å². The van der Waals surface area contributed by atoms with Gasteiger partial charge in [0.2, 0.25) is 5.91 Å². The molecule has 0 saturated heterocycles. The van der Waals surface area contributed by atoms with Crippen LogP contribution in [0.3, 0.4) is 0 Å². The van der Waals surface area contributed by atoms with Gasteiger partial charge in [0.05, 0.1) is 5.54 Å². The van der Waals surface area contributed by atoms with E-state index in [1.165, 1.54) is 0 Å². The number of likely N-dealkylation sites (N-methyl/N-ethyl adjacent to an activating group) is 1. The minimum absolute atomic E-state index is 0.269. The van der Waals surface area contributed by atoms with Crippen LogP contribution in [0.15, 0.2) is 0 Å². The normalized spacial score (nSPS) is 15.7. The Labute approximate surface area is 93.2 Å². The lowest BCUT2D eigenvalue weighted by atomic mass is 9.90. The first-order valence-electron chi connectivity index (χ1n) is 5.47. The fourth-order valence-corrected chi connectivity index (χ4v) is 1.63. The molecule has 1 atom stereocenters. The van der Waals surface area contributed by atoms with Gasteiger partial charge < -0.3 is 16.0 Å². The second kappa shape index (κ2) is 6.08. The first-order chi connectivity index (χ1) is 6.78. The molecule has 0 aliphatic rings. The van der Waals surface area contributed by atoms with Gasteiger partial charge in [-0.15, -0.1) is 0 Å². The molecule has 0 radical (unpaired) electrons. The predicted octanol–water partition coefficient (Wildman–Crippen LogP) is 0.428. The summed E-state index contributed by atoms with van der Waals surface area (Å²) in [6, 6.07) is 0. The maximum Gasteiger partial charge on any atom is 0.237 e. The number of carbonyl (C=O) groups is 1. The molecule has 4 heteroatoms. The van der Waals surface area contributed by atoms with E-state index in [-0.39, 0.29) is 5.91 Å². The van der Waals surface area contributed by atoms with Gasteiger partial charge in [-0.25, -0.2) is 0 Å². The predicted molar refractivity (Wildman–Crippen MR) is 63.6 cm³/mol. The van der Waals surface area contributed by atoms with Crippen LogP contribution < -0.4 is 11.1 Å². The Kier molecular flexibility index (Phi) is 5.83. The van der Waals surface area contributed by atoms with Crippen molar-refractivity contribution in [3.8, 4) is 0 Å². The summed E-state index contributed by atoms with van der Waals surface area (Å²) in [6.45, 7) is 7.74. The molecule has 0 rings (SSSR count). The molecule has 0 aliphatic heterocycles. The number of primary amides is 1. The van der Waals surface area contributed by atoms with Gasteiger partial charge in [0.15, 0.2) is 0 Å². The zero-order valence-electron chi connectivity index (χ0n) is 10.6. The number of nitrogens with two attached hydrogens (primary N) is 1. The number of nitrogens with one attached hydrogen (secondary N) is 1. The van der Waals surface area contributed by atoms with Gasteiger partial charge in [-0.2, -0.15) is 0 Å². The van der Waals surface area contributed by atoms with E-state index in [0.29, 0.717) is 5.92 Å². The minimum atomic E-state index is -0.579. The zero-order chi connectivity index (χ0) is 12.1. The van der Waals surface area contributed by atoms with E-state index in [2.05, 4.69) is 24.1 Å². The summed E-state index contributed by atoms with van der Waals surface area (Å²) in [4.78, 5) is 13.5. The van der Waals surface area contributed by atoms with Crippen LogP contribution in [0.1, 0.15) is 27.2 Å². The molecule has 0 aromatic rings. The Morgan fingerprint density at radius 2 is 2.00 bits per heavy atom. The molecule has 0 bridgehead atoms. The summed E-state index contributed by atoms with van der Waals surface area (Å²) >= 11 is 0. The molecule has 4 nitrogen and oxygen atoms in total. The summed E-state index contributed by atoms with van der Waals surface area (Å²) in [6.07, 6.45) is 0.774. The number of carbonyl (C=O) groups excluding carboxylic acids is 1. The minimum Gasteiger partial charge on any atom is -0.368 e. The molecule has 15 heavy (non-hydrogen) atoms. The molecule has 0 spiro atoms. The van der Waals surface area contributed by atoms with E-state index in [1.807, 2.05) is 21.0 Å². The molecule has 90 valence electrons. The van der Waals surface area contributed by atoms with Crippen LogP contribution in [-0.2, 0) is 4.79 Å². The van der Waals surface area contributed by atoms with Crippen LogP contribution in [0.5, 0.6) is 0 Å². The fourth-order valence-electron chi connectivity index (χ4n) is 1.63. The third-order valence-electron chi connectivity index (χ3n) is 2.43. The molecule has 1 amide bonds. The number of nitrogens with zero attached hydrogens (tertiary/aromatic N) is 1. The number of amides is 1. The van der Waals surface area contributed by atoms with Gasteiger partial charge in [0.1, 0.15) is 0 Å². The molecule has 3 N–H and O–H groups in total. The lowest BCUT2D eigenvalue weighted by Gasteiger charge is -2.29. The standard InChI is InChI=1S/C11H25N3O/c1-9(2)8-11(3,10(12)15)13-6-7-14(4)5/h9,13H,6-8H2,1-5H3,(H2,12,15). The maximum absolute atomic E-state index is 11.4. The van der Waals surface area contributed by atoms with Crippen molar-refractivity contribution in [3.63, 3.8) is 0 Å². The molecule has 0 heterocycles. The SMILES string of the molecule is CC(C)CC(C)(NCCN(C)C)C(N)=O. The summed E-state index contributed by atoms with van der Waals surface area (Å²) in [5.41, 5.74) is 4.84. The lowest BCUT2D eigenvalue weighted by Crippen LogP contribution is -2.55. The summed E-state index contributed by atoms with van der Waals surface area (Å²) in [7, 11) is 4.01. The van der Waals surface area contributed by atoms with Crippen molar-refractivity contribution in [3.05, 3.63) is 0 Å². The molecule has 0 aliphatic carbocycles. The number of hydrogen-bond acceptors (Lipinski definition) is 3. The van der Waals surface area contributed by atoms with Gasteiger partial charge in [-0.3, -0.25) is 4.79 Å². The average Bonchev–Trinajstić information content (AvgIpc) is 2.01. The third kappa shape index (κ3) is 5.74. The van der Waals surface area contributed by atoms with Crippen molar-refractivity contribution in [2.24, 2.45) is 11.7 Å². The quantitative estimate of drug-likeness (QED) is 0.647. The topological polar surface area (TPSA) is 58.4 Å². The monoisotopic (exact) mass is 215 g/mol. The van der Waals surface area contributed by atoms with E-state index in [0.717, 1.165) is 19.5 Å². The highest BCUT2D eigenvalue weighted by atomic mass is 16.1. The van der Waals surface area contributed by atoms with E-state index >= 15 is 0 Å². The van der Waals surface area contributed by atoms with Crippen LogP contribution >= 0.6 is 0 Å². The van der Waals surface area contributed by atoms with Gasteiger partial charge in [-0.05, 0) is 33.4 Å². The molecule has 0 aromatic carbocycles. The van der Waals surface area contributed by atoms with E-state index in [1.54, 1.807) is 0 Å². The molecule has 0 aromatic heterocycles. The van der Waals surface area contributed by atoms with Gasteiger partial charge in [0, 0.05) is 13.1 Å². The van der Waals surface area contributed by atoms with Gasteiger partial charge in [-0.1, -0.05) is 13.8 Å². The zero-order valence-corrected chi connectivity index (χ0v) is 10.6.